The van der Waals surface area contributed by atoms with Crippen LogP contribution >= 0.6 is 0 Å². The highest BCUT2D eigenvalue weighted by Gasteiger charge is 2.38. The van der Waals surface area contributed by atoms with Crippen molar-refractivity contribution in [2.75, 3.05) is 26.8 Å². The van der Waals surface area contributed by atoms with Crippen LogP contribution in [0.2, 0.25) is 0 Å². The molecule has 1 aliphatic rings. The topological polar surface area (TPSA) is 30.5 Å². The molecule has 2 atom stereocenters. The van der Waals surface area contributed by atoms with Gasteiger partial charge >= 0.3 is 0 Å². The zero-order valence-corrected chi connectivity index (χ0v) is 9.64. The molecule has 1 fully saturated rings. The number of unbranched alkanes of at least 4 members (excludes halogenated alkanes) is 1. The predicted molar refractivity (Wildman–Crippen MR) is 57.5 cm³/mol. The molecule has 1 heterocycles. The molecule has 0 radical (unpaired) electrons. The van der Waals surface area contributed by atoms with Crippen molar-refractivity contribution in [2.45, 2.75) is 44.8 Å². The molecule has 1 rings (SSSR count). The van der Waals surface area contributed by atoms with Crippen LogP contribution in [0.15, 0.2) is 0 Å². The Labute approximate surface area is 87.2 Å². The Balaban J connectivity index is 2.56. The van der Waals surface area contributed by atoms with E-state index in [0.29, 0.717) is 0 Å². The van der Waals surface area contributed by atoms with Crippen LogP contribution in [-0.2, 0) is 9.47 Å². The largest absolute Gasteiger partial charge is 0.379 e. The van der Waals surface area contributed by atoms with Crippen molar-refractivity contribution in [3.63, 3.8) is 0 Å². The fraction of sp³-hybridized carbons (Fsp3) is 1.00. The molecule has 2 unspecified atom stereocenters. The maximum absolute atomic E-state index is 5.93. The van der Waals surface area contributed by atoms with E-state index in [1.807, 2.05) is 0 Å². The van der Waals surface area contributed by atoms with E-state index in [1.165, 1.54) is 12.8 Å². The Hall–Kier alpha value is -0.120. The first-order valence-corrected chi connectivity index (χ1v) is 5.62. The number of hydrogen-bond donors (Lipinski definition) is 1. The van der Waals surface area contributed by atoms with Gasteiger partial charge in [0.15, 0.2) is 0 Å². The van der Waals surface area contributed by atoms with Crippen LogP contribution in [0.5, 0.6) is 0 Å². The summed E-state index contributed by atoms with van der Waals surface area (Å²) in [6.45, 7) is 6.99. The smallest absolute Gasteiger partial charge is 0.106 e. The molecule has 84 valence electrons. The van der Waals surface area contributed by atoms with E-state index in [-0.39, 0.29) is 11.7 Å². The van der Waals surface area contributed by atoms with Gasteiger partial charge in [0.2, 0.25) is 0 Å². The molecule has 1 N–H and O–H groups in total. The summed E-state index contributed by atoms with van der Waals surface area (Å²) in [5.41, 5.74) is -0.0942. The van der Waals surface area contributed by atoms with Gasteiger partial charge in [-0.3, -0.25) is 0 Å². The van der Waals surface area contributed by atoms with Gasteiger partial charge in [0, 0.05) is 20.2 Å². The number of hydrogen-bond acceptors (Lipinski definition) is 3. The van der Waals surface area contributed by atoms with E-state index >= 15 is 0 Å². The molecule has 3 heteroatoms. The van der Waals surface area contributed by atoms with Crippen molar-refractivity contribution in [1.29, 1.82) is 0 Å². The lowest BCUT2D eigenvalue weighted by Crippen LogP contribution is -2.56. The van der Waals surface area contributed by atoms with E-state index in [1.54, 1.807) is 7.11 Å². The standard InChI is InChI=1S/C11H23NO2/c1-4-5-6-11(10(2)13-3)9-12-7-8-14-11/h10,12H,4-9H2,1-3H3. The van der Waals surface area contributed by atoms with Crippen molar-refractivity contribution < 1.29 is 9.47 Å². The van der Waals surface area contributed by atoms with Gasteiger partial charge in [-0.2, -0.15) is 0 Å². The van der Waals surface area contributed by atoms with E-state index in [9.17, 15) is 0 Å². The van der Waals surface area contributed by atoms with Crippen LogP contribution in [0, 0.1) is 0 Å². The summed E-state index contributed by atoms with van der Waals surface area (Å²) < 4.78 is 11.4. The molecule has 0 aromatic carbocycles. The molecule has 14 heavy (non-hydrogen) atoms. The zero-order chi connectivity index (χ0) is 10.4. The molecule has 0 saturated carbocycles. The van der Waals surface area contributed by atoms with E-state index < -0.39 is 0 Å². The molecule has 3 nitrogen and oxygen atoms in total. The first-order chi connectivity index (χ1) is 6.75. The second-order valence-electron chi connectivity index (χ2n) is 4.07. The second-order valence-corrected chi connectivity index (χ2v) is 4.07. The Kier molecular flexibility index (Phi) is 4.85. The third-order valence-electron chi connectivity index (χ3n) is 3.14. The summed E-state index contributed by atoms with van der Waals surface area (Å²) in [4.78, 5) is 0. The van der Waals surface area contributed by atoms with Crippen molar-refractivity contribution in [3.05, 3.63) is 0 Å². The summed E-state index contributed by atoms with van der Waals surface area (Å²) in [5.74, 6) is 0. The lowest BCUT2D eigenvalue weighted by molar-refractivity contribution is -0.147. The predicted octanol–water partition coefficient (Wildman–Crippen LogP) is 1.57. The van der Waals surface area contributed by atoms with Crippen LogP contribution in [0.1, 0.15) is 33.1 Å². The maximum Gasteiger partial charge on any atom is 0.106 e. The minimum Gasteiger partial charge on any atom is -0.379 e. The van der Waals surface area contributed by atoms with Crippen LogP contribution in [0.3, 0.4) is 0 Å². The molecule has 1 saturated heterocycles. The van der Waals surface area contributed by atoms with Gasteiger partial charge in [-0.1, -0.05) is 19.8 Å². The molecule has 0 aliphatic carbocycles. The second kappa shape index (κ2) is 5.69. The molecular formula is C11H23NO2. The number of nitrogens with one attached hydrogen (secondary N) is 1. The van der Waals surface area contributed by atoms with Crippen molar-refractivity contribution in [3.8, 4) is 0 Å². The summed E-state index contributed by atoms with van der Waals surface area (Å²) in [5, 5.41) is 3.39. The molecule has 1 aliphatic heterocycles. The third-order valence-corrected chi connectivity index (χ3v) is 3.14. The van der Waals surface area contributed by atoms with Crippen LogP contribution < -0.4 is 5.32 Å². The highest BCUT2D eigenvalue weighted by molar-refractivity contribution is 4.91. The Bertz CT molecular complexity index is 155. The summed E-state index contributed by atoms with van der Waals surface area (Å²) in [6.07, 6.45) is 3.67. The zero-order valence-electron chi connectivity index (χ0n) is 9.64. The number of ether oxygens (including phenoxy) is 2. The Morgan fingerprint density at radius 2 is 2.36 bits per heavy atom. The van der Waals surface area contributed by atoms with Gasteiger partial charge in [-0.25, -0.2) is 0 Å². The average molecular weight is 201 g/mol. The van der Waals surface area contributed by atoms with Gasteiger partial charge in [0.05, 0.1) is 12.7 Å². The molecule has 0 bridgehead atoms. The van der Waals surface area contributed by atoms with Crippen LogP contribution in [-0.4, -0.2) is 38.5 Å². The first kappa shape index (κ1) is 12.0. The van der Waals surface area contributed by atoms with Gasteiger partial charge in [-0.05, 0) is 13.3 Å². The number of methoxy groups -OCH3 is 1. The Morgan fingerprint density at radius 3 is 2.86 bits per heavy atom. The summed E-state index contributed by atoms with van der Waals surface area (Å²) >= 11 is 0. The highest BCUT2D eigenvalue weighted by Crippen LogP contribution is 2.26. The monoisotopic (exact) mass is 201 g/mol. The molecule has 0 aromatic rings. The summed E-state index contributed by atoms with van der Waals surface area (Å²) in [6, 6.07) is 0. The SMILES string of the molecule is CCCCC1(C(C)OC)CNCCO1. The molecule has 0 spiro atoms. The molecule has 0 amide bonds. The number of morpholine rings is 1. The van der Waals surface area contributed by atoms with E-state index in [4.69, 9.17) is 9.47 Å². The van der Waals surface area contributed by atoms with Crippen LogP contribution in [0.4, 0.5) is 0 Å². The maximum atomic E-state index is 5.93. The Morgan fingerprint density at radius 1 is 1.57 bits per heavy atom. The van der Waals surface area contributed by atoms with Gasteiger partial charge < -0.3 is 14.8 Å². The third kappa shape index (κ3) is 2.69. The van der Waals surface area contributed by atoms with Gasteiger partial charge in [-0.15, -0.1) is 0 Å². The minimum absolute atomic E-state index is 0.0942. The van der Waals surface area contributed by atoms with Gasteiger partial charge in [0.1, 0.15) is 5.60 Å². The summed E-state index contributed by atoms with van der Waals surface area (Å²) in [7, 11) is 1.76. The van der Waals surface area contributed by atoms with E-state index in [0.717, 1.165) is 26.1 Å². The molecule has 0 aromatic heterocycles. The first-order valence-electron chi connectivity index (χ1n) is 5.62. The average Bonchev–Trinajstić information content (AvgIpc) is 2.26. The lowest BCUT2D eigenvalue weighted by atomic mass is 9.90. The normalized spacial score (nSPS) is 30.2. The quantitative estimate of drug-likeness (QED) is 0.732. The van der Waals surface area contributed by atoms with E-state index in [2.05, 4.69) is 19.2 Å². The fourth-order valence-electron chi connectivity index (χ4n) is 1.99. The lowest BCUT2D eigenvalue weighted by Gasteiger charge is -2.41. The van der Waals surface area contributed by atoms with Crippen LogP contribution in [0.25, 0.3) is 0 Å². The van der Waals surface area contributed by atoms with Crippen molar-refractivity contribution in [2.24, 2.45) is 0 Å². The van der Waals surface area contributed by atoms with Crippen molar-refractivity contribution in [1.82, 2.24) is 5.32 Å². The minimum atomic E-state index is -0.0942. The molecular weight excluding hydrogens is 178 g/mol. The fourth-order valence-corrected chi connectivity index (χ4v) is 1.99. The van der Waals surface area contributed by atoms with Crippen molar-refractivity contribution >= 4 is 0 Å². The number of rotatable bonds is 5. The van der Waals surface area contributed by atoms with Gasteiger partial charge in [0.25, 0.3) is 0 Å². The highest BCUT2D eigenvalue weighted by atomic mass is 16.5.